The smallest absolute Gasteiger partial charge is 0.256 e. The molecule has 0 fully saturated rings. The van der Waals surface area contributed by atoms with Gasteiger partial charge in [-0.3, -0.25) is 9.59 Å². The summed E-state index contributed by atoms with van der Waals surface area (Å²) in [7, 11) is 0. The lowest BCUT2D eigenvalue weighted by molar-refractivity contribution is -0.120. The van der Waals surface area contributed by atoms with Crippen LogP contribution >= 0.6 is 0 Å². The quantitative estimate of drug-likeness (QED) is 0.558. The zero-order valence-electron chi connectivity index (χ0n) is 16.2. The van der Waals surface area contributed by atoms with Crippen molar-refractivity contribution >= 4 is 23.1 Å². The van der Waals surface area contributed by atoms with Crippen LogP contribution < -0.4 is 5.01 Å². The van der Waals surface area contributed by atoms with Crippen LogP contribution in [0.4, 0.5) is 5.69 Å². The van der Waals surface area contributed by atoms with Gasteiger partial charge >= 0.3 is 0 Å². The van der Waals surface area contributed by atoms with E-state index in [1.807, 2.05) is 97.9 Å². The Bertz CT molecular complexity index is 1030. The van der Waals surface area contributed by atoms with Gasteiger partial charge < -0.3 is 0 Å². The Morgan fingerprint density at radius 1 is 0.897 bits per heavy atom. The Balaban J connectivity index is 1.67. The van der Waals surface area contributed by atoms with E-state index in [9.17, 15) is 9.59 Å². The number of rotatable bonds is 6. The molecule has 1 amide bonds. The third-order valence-corrected chi connectivity index (χ3v) is 5.31. The molecule has 0 aromatic heterocycles. The molecule has 0 aliphatic carbocycles. The summed E-state index contributed by atoms with van der Waals surface area (Å²) < 4.78 is 0. The van der Waals surface area contributed by atoms with Crippen LogP contribution in [-0.4, -0.2) is 17.4 Å². The Morgan fingerprint density at radius 2 is 1.45 bits per heavy atom. The molecular weight excluding hydrogens is 360 g/mol. The maximum atomic E-state index is 13.3. The van der Waals surface area contributed by atoms with Crippen LogP contribution in [0.1, 0.15) is 35.2 Å². The average Bonchev–Trinajstić information content (AvgIpc) is 3.07. The minimum Gasteiger partial charge on any atom is -0.294 e. The van der Waals surface area contributed by atoms with E-state index in [1.54, 1.807) is 0 Å². The first-order valence-corrected chi connectivity index (χ1v) is 9.72. The predicted octanol–water partition coefficient (Wildman–Crippen LogP) is 5.08. The lowest BCUT2D eigenvalue weighted by Crippen LogP contribution is -2.32. The summed E-state index contributed by atoms with van der Waals surface area (Å²) in [5, 5.41) is 6.00. The third kappa shape index (κ3) is 3.87. The molecule has 0 spiro atoms. The fourth-order valence-electron chi connectivity index (χ4n) is 3.87. The van der Waals surface area contributed by atoms with Gasteiger partial charge in [0.1, 0.15) is 0 Å². The van der Waals surface area contributed by atoms with Gasteiger partial charge in [0, 0.05) is 23.6 Å². The number of benzene rings is 3. The summed E-state index contributed by atoms with van der Waals surface area (Å²) >= 11 is 0. The number of hydrazone groups is 1. The first-order chi connectivity index (χ1) is 14.1. The molecule has 29 heavy (non-hydrogen) atoms. The van der Waals surface area contributed by atoms with Crippen LogP contribution in [0.2, 0.25) is 0 Å². The van der Waals surface area contributed by atoms with Gasteiger partial charge in [-0.1, -0.05) is 78.9 Å². The van der Waals surface area contributed by atoms with Crippen molar-refractivity contribution in [1.82, 2.24) is 0 Å². The second kappa shape index (κ2) is 8.23. The molecule has 1 aliphatic heterocycles. The lowest BCUT2D eigenvalue weighted by Gasteiger charge is -2.23. The van der Waals surface area contributed by atoms with E-state index in [0.717, 1.165) is 17.0 Å². The fraction of sp³-hybridized carbons (Fsp3) is 0.160. The highest BCUT2D eigenvalue weighted by Gasteiger charge is 2.41. The van der Waals surface area contributed by atoms with E-state index in [-0.39, 0.29) is 24.0 Å². The van der Waals surface area contributed by atoms with E-state index >= 15 is 0 Å². The van der Waals surface area contributed by atoms with Gasteiger partial charge in [-0.2, -0.15) is 5.10 Å². The van der Waals surface area contributed by atoms with Gasteiger partial charge in [-0.25, -0.2) is 5.01 Å². The molecule has 0 radical (unpaired) electrons. The van der Waals surface area contributed by atoms with E-state index < -0.39 is 5.92 Å². The summed E-state index contributed by atoms with van der Waals surface area (Å²) in [6, 6.07) is 28.4. The van der Waals surface area contributed by atoms with E-state index in [1.165, 1.54) is 5.01 Å². The minimum atomic E-state index is -0.467. The van der Waals surface area contributed by atoms with Crippen LogP contribution in [0.3, 0.4) is 0 Å². The summed E-state index contributed by atoms with van der Waals surface area (Å²) in [4.78, 5) is 26.3. The van der Waals surface area contributed by atoms with Gasteiger partial charge in [0.05, 0.1) is 11.6 Å². The fourth-order valence-corrected chi connectivity index (χ4v) is 3.87. The van der Waals surface area contributed by atoms with Crippen LogP contribution in [-0.2, 0) is 4.79 Å². The van der Waals surface area contributed by atoms with Gasteiger partial charge in [0.2, 0.25) is 0 Å². The van der Waals surface area contributed by atoms with Crippen LogP contribution in [0, 0.1) is 5.92 Å². The molecule has 3 aromatic carbocycles. The van der Waals surface area contributed by atoms with Crippen molar-refractivity contribution in [2.45, 2.75) is 19.3 Å². The second-order valence-corrected chi connectivity index (χ2v) is 7.22. The molecule has 0 saturated heterocycles. The monoisotopic (exact) mass is 382 g/mol. The summed E-state index contributed by atoms with van der Waals surface area (Å²) in [5.74, 6) is -0.805. The number of ketones is 1. The molecule has 0 N–H and O–H groups in total. The van der Waals surface area contributed by atoms with Gasteiger partial charge in [-0.15, -0.1) is 0 Å². The third-order valence-electron chi connectivity index (χ3n) is 5.31. The Morgan fingerprint density at radius 3 is 2.07 bits per heavy atom. The number of para-hydroxylation sites is 1. The molecular formula is C25H22N2O2. The van der Waals surface area contributed by atoms with Gasteiger partial charge in [0.25, 0.3) is 5.91 Å². The minimum absolute atomic E-state index is 0.0261. The van der Waals surface area contributed by atoms with Crippen molar-refractivity contribution in [2.75, 3.05) is 5.01 Å². The molecule has 1 aliphatic rings. The molecule has 4 nitrogen and oxygen atoms in total. The summed E-state index contributed by atoms with van der Waals surface area (Å²) in [6.45, 7) is 1.87. The maximum absolute atomic E-state index is 13.3. The Hall–Kier alpha value is -3.53. The van der Waals surface area contributed by atoms with Crippen molar-refractivity contribution in [2.24, 2.45) is 11.0 Å². The molecule has 0 bridgehead atoms. The lowest BCUT2D eigenvalue weighted by atomic mass is 9.79. The zero-order valence-corrected chi connectivity index (χ0v) is 16.2. The first kappa shape index (κ1) is 18.8. The van der Waals surface area contributed by atoms with Crippen molar-refractivity contribution < 1.29 is 9.59 Å². The van der Waals surface area contributed by atoms with E-state index in [0.29, 0.717) is 5.56 Å². The highest BCUT2D eigenvalue weighted by Crippen LogP contribution is 2.36. The van der Waals surface area contributed by atoms with Gasteiger partial charge in [-0.05, 0) is 24.6 Å². The SMILES string of the molecule is CC1=NN(c2ccccc2)C(=O)[C@H]1[C@@H](CC(=O)c1ccccc1)c1ccccc1. The zero-order chi connectivity index (χ0) is 20.2. The summed E-state index contributed by atoms with van der Waals surface area (Å²) in [5.41, 5.74) is 3.10. The molecule has 0 saturated carbocycles. The van der Waals surface area contributed by atoms with Gasteiger partial charge in [0.15, 0.2) is 5.78 Å². The predicted molar refractivity (Wildman–Crippen MR) is 115 cm³/mol. The molecule has 0 unspecified atom stereocenters. The van der Waals surface area contributed by atoms with E-state index in [2.05, 4.69) is 5.10 Å². The number of hydrogen-bond donors (Lipinski definition) is 0. The number of carbonyl (C=O) groups is 2. The van der Waals surface area contributed by atoms with Crippen molar-refractivity contribution in [3.8, 4) is 0 Å². The standard InChI is InChI=1S/C25H22N2O2/c1-18-24(25(29)27(26-18)21-15-9-4-10-16-21)22(19-11-5-2-6-12-19)17-23(28)20-13-7-3-8-14-20/h2-16,22,24H,17H2,1H3/t22-,24+/m0/s1. The van der Waals surface area contributed by atoms with E-state index in [4.69, 9.17) is 0 Å². The van der Waals surface area contributed by atoms with Crippen LogP contribution in [0.5, 0.6) is 0 Å². The highest BCUT2D eigenvalue weighted by molar-refractivity contribution is 6.16. The van der Waals surface area contributed by atoms with Crippen LogP contribution in [0.15, 0.2) is 96.1 Å². The topological polar surface area (TPSA) is 49.7 Å². The largest absolute Gasteiger partial charge is 0.294 e. The maximum Gasteiger partial charge on any atom is 0.256 e. The number of amides is 1. The number of nitrogens with zero attached hydrogens (tertiary/aromatic N) is 2. The van der Waals surface area contributed by atoms with Crippen molar-refractivity contribution in [3.05, 3.63) is 102 Å². The molecule has 144 valence electrons. The Labute approximate surface area is 170 Å². The van der Waals surface area contributed by atoms with Crippen molar-refractivity contribution in [1.29, 1.82) is 0 Å². The van der Waals surface area contributed by atoms with Crippen molar-refractivity contribution in [3.63, 3.8) is 0 Å². The number of hydrogen-bond acceptors (Lipinski definition) is 3. The molecule has 3 aromatic rings. The average molecular weight is 382 g/mol. The first-order valence-electron chi connectivity index (χ1n) is 9.72. The Kier molecular flexibility index (Phi) is 5.34. The highest BCUT2D eigenvalue weighted by atomic mass is 16.2. The van der Waals surface area contributed by atoms with Crippen LogP contribution in [0.25, 0.3) is 0 Å². The number of carbonyl (C=O) groups excluding carboxylic acids is 2. The number of anilines is 1. The summed E-state index contributed by atoms with van der Waals surface area (Å²) in [6.07, 6.45) is 0.250. The molecule has 4 rings (SSSR count). The second-order valence-electron chi connectivity index (χ2n) is 7.22. The number of Topliss-reactive ketones (excluding diaryl/α,β-unsaturated/α-hetero) is 1. The normalized spacial score (nSPS) is 17.1. The molecule has 4 heteroatoms. The molecule has 1 heterocycles. The molecule has 2 atom stereocenters.